The molecule has 0 bridgehead atoms. The number of ether oxygens (including phenoxy) is 2. The van der Waals surface area contributed by atoms with Crippen molar-refractivity contribution in [3.63, 3.8) is 0 Å². The van der Waals surface area contributed by atoms with Crippen molar-refractivity contribution < 1.29 is 23.0 Å². The molecular formula is C58H111O5P. The highest BCUT2D eigenvalue weighted by atomic mass is 31.2. The molecule has 0 N–H and O–H groups in total. The maximum absolute atomic E-state index is 6.47. The molecule has 0 aliphatic carbocycles. The van der Waals surface area contributed by atoms with Crippen LogP contribution < -0.4 is 4.52 Å². The highest BCUT2D eigenvalue weighted by Gasteiger charge is 2.15. The van der Waals surface area contributed by atoms with Crippen LogP contribution in [0.1, 0.15) is 297 Å². The SMILES string of the molecule is CCCCCCCCCCCCCOC(CCCCC)CCCCCCCOP(OCCCCCCCC(CCCCC)OCCCCCCCCCCCCC)Oc1ccccc1. The van der Waals surface area contributed by atoms with E-state index in [9.17, 15) is 0 Å². The lowest BCUT2D eigenvalue weighted by Gasteiger charge is -2.18. The topological polar surface area (TPSA) is 46.2 Å². The summed E-state index contributed by atoms with van der Waals surface area (Å²) in [6.07, 6.45) is 56.3. The van der Waals surface area contributed by atoms with Gasteiger partial charge in [-0.15, -0.1) is 0 Å². The van der Waals surface area contributed by atoms with E-state index in [0.29, 0.717) is 25.4 Å². The van der Waals surface area contributed by atoms with Gasteiger partial charge in [-0.3, -0.25) is 0 Å². The fraction of sp³-hybridized carbons (Fsp3) is 0.897. The van der Waals surface area contributed by atoms with Gasteiger partial charge < -0.3 is 23.0 Å². The van der Waals surface area contributed by atoms with Crippen LogP contribution in [-0.4, -0.2) is 38.6 Å². The molecule has 0 aromatic heterocycles. The first-order valence-electron chi connectivity index (χ1n) is 28.8. The standard InChI is InChI=1S/C58H111O5P/c1-5-9-13-15-17-19-21-23-25-31-42-52-59-56(46-36-11-7-3)48-38-29-27-33-44-54-61-64(63-58-50-40-35-41-51-58)62-55-45-34-28-30-39-49-57(47-37-12-8-4)60-53-43-32-26-24-22-20-18-16-14-10-6-2/h35,40-41,50-51,56-57H,5-34,36-39,42-49,52-55H2,1-4H3. The van der Waals surface area contributed by atoms with Crippen LogP contribution in [-0.2, 0) is 18.5 Å². The zero-order chi connectivity index (χ0) is 45.9. The number of rotatable bonds is 54. The third kappa shape index (κ3) is 43.8. The normalized spacial score (nSPS) is 13.1. The highest BCUT2D eigenvalue weighted by molar-refractivity contribution is 7.42. The van der Waals surface area contributed by atoms with E-state index in [1.54, 1.807) is 0 Å². The molecule has 5 nitrogen and oxygen atoms in total. The summed E-state index contributed by atoms with van der Waals surface area (Å²) in [5, 5.41) is 0. The van der Waals surface area contributed by atoms with Crippen molar-refractivity contribution in [1.82, 2.24) is 0 Å². The third-order valence-corrected chi connectivity index (χ3v) is 14.3. The summed E-state index contributed by atoms with van der Waals surface area (Å²) in [6, 6.07) is 10.0. The lowest BCUT2D eigenvalue weighted by atomic mass is 10.0. The van der Waals surface area contributed by atoms with Gasteiger partial charge in [0.2, 0.25) is 0 Å². The van der Waals surface area contributed by atoms with Gasteiger partial charge in [-0.05, 0) is 63.5 Å². The van der Waals surface area contributed by atoms with Crippen molar-refractivity contribution in [2.75, 3.05) is 26.4 Å². The van der Waals surface area contributed by atoms with Gasteiger partial charge in [0, 0.05) is 13.2 Å². The van der Waals surface area contributed by atoms with Crippen molar-refractivity contribution >= 4 is 8.60 Å². The van der Waals surface area contributed by atoms with Crippen LogP contribution in [0.15, 0.2) is 30.3 Å². The van der Waals surface area contributed by atoms with Gasteiger partial charge in [0.25, 0.3) is 0 Å². The van der Waals surface area contributed by atoms with Crippen molar-refractivity contribution in [2.24, 2.45) is 0 Å². The van der Waals surface area contributed by atoms with E-state index in [-0.39, 0.29) is 0 Å². The van der Waals surface area contributed by atoms with Gasteiger partial charge in [-0.25, -0.2) is 0 Å². The molecule has 378 valence electrons. The minimum absolute atomic E-state index is 0.454. The maximum atomic E-state index is 6.47. The average molecular weight is 919 g/mol. The molecule has 64 heavy (non-hydrogen) atoms. The van der Waals surface area contributed by atoms with Crippen molar-refractivity contribution in [3.8, 4) is 5.75 Å². The third-order valence-electron chi connectivity index (χ3n) is 13.1. The molecule has 0 amide bonds. The number of para-hydroxylation sites is 1. The Bertz CT molecular complexity index is 938. The van der Waals surface area contributed by atoms with E-state index >= 15 is 0 Å². The van der Waals surface area contributed by atoms with Gasteiger partial charge in [-0.1, -0.05) is 264 Å². The molecule has 0 saturated carbocycles. The molecule has 1 aromatic carbocycles. The van der Waals surface area contributed by atoms with Crippen LogP contribution in [0.25, 0.3) is 0 Å². The fourth-order valence-corrected chi connectivity index (χ4v) is 9.87. The first-order chi connectivity index (χ1) is 31.7. The second-order valence-electron chi connectivity index (χ2n) is 19.5. The molecule has 0 spiro atoms. The lowest BCUT2D eigenvalue weighted by molar-refractivity contribution is 0.0356. The van der Waals surface area contributed by atoms with Crippen molar-refractivity contribution in [1.29, 1.82) is 0 Å². The molecular weight excluding hydrogens is 808 g/mol. The summed E-state index contributed by atoms with van der Waals surface area (Å²) in [5.41, 5.74) is 0. The summed E-state index contributed by atoms with van der Waals surface area (Å²) in [6.45, 7) is 12.5. The lowest BCUT2D eigenvalue weighted by Crippen LogP contribution is -2.14. The monoisotopic (exact) mass is 919 g/mol. The van der Waals surface area contributed by atoms with Crippen molar-refractivity contribution in [3.05, 3.63) is 30.3 Å². The summed E-state index contributed by atoms with van der Waals surface area (Å²) in [7, 11) is -1.39. The number of benzene rings is 1. The highest BCUT2D eigenvalue weighted by Crippen LogP contribution is 2.41. The molecule has 0 heterocycles. The van der Waals surface area contributed by atoms with Crippen LogP contribution in [0, 0.1) is 0 Å². The Morgan fingerprint density at radius 2 is 0.578 bits per heavy atom. The largest absolute Gasteiger partial charge is 0.427 e. The number of unbranched alkanes of at least 4 members (excludes halogenated alkanes) is 32. The molecule has 0 radical (unpaired) electrons. The Morgan fingerprint density at radius 3 is 0.922 bits per heavy atom. The predicted molar refractivity (Wildman–Crippen MR) is 282 cm³/mol. The van der Waals surface area contributed by atoms with Crippen LogP contribution in [0.2, 0.25) is 0 Å². The first kappa shape index (κ1) is 61.3. The van der Waals surface area contributed by atoms with Gasteiger partial charge in [-0.2, -0.15) is 0 Å². The summed E-state index contributed by atoms with van der Waals surface area (Å²) in [4.78, 5) is 0. The van der Waals surface area contributed by atoms with Crippen LogP contribution in [0.3, 0.4) is 0 Å². The molecule has 0 saturated heterocycles. The molecule has 6 heteroatoms. The average Bonchev–Trinajstić information content (AvgIpc) is 3.31. The first-order valence-corrected chi connectivity index (χ1v) is 29.8. The molecule has 0 fully saturated rings. The molecule has 2 unspecified atom stereocenters. The minimum Gasteiger partial charge on any atom is -0.427 e. The Hall–Kier alpha value is -0.710. The van der Waals surface area contributed by atoms with E-state index in [2.05, 4.69) is 27.7 Å². The van der Waals surface area contributed by atoms with Crippen molar-refractivity contribution in [2.45, 2.75) is 310 Å². The summed E-state index contributed by atoms with van der Waals surface area (Å²) in [5.74, 6) is 0.826. The Kier molecular flexibility index (Phi) is 49.5. The molecule has 0 aliphatic heterocycles. The number of hydrogen-bond donors (Lipinski definition) is 0. The fourth-order valence-electron chi connectivity index (χ4n) is 8.84. The number of hydrogen-bond acceptors (Lipinski definition) is 5. The molecule has 1 aromatic rings. The van der Waals surface area contributed by atoms with Crippen LogP contribution in [0.5, 0.6) is 5.75 Å². The summed E-state index contributed by atoms with van der Waals surface area (Å²) < 4.78 is 31.6. The van der Waals surface area contributed by atoms with E-state index < -0.39 is 8.60 Å². The van der Waals surface area contributed by atoms with E-state index in [4.69, 9.17) is 23.0 Å². The zero-order valence-corrected chi connectivity index (χ0v) is 44.5. The smallest absolute Gasteiger partial charge is 0.397 e. The Morgan fingerprint density at radius 1 is 0.312 bits per heavy atom. The maximum Gasteiger partial charge on any atom is 0.397 e. The predicted octanol–water partition coefficient (Wildman–Crippen LogP) is 20.6. The minimum atomic E-state index is -1.39. The molecule has 0 aliphatic rings. The Labute approximate surface area is 402 Å². The van der Waals surface area contributed by atoms with E-state index in [1.807, 2.05) is 30.3 Å². The van der Waals surface area contributed by atoms with Crippen LogP contribution in [0.4, 0.5) is 0 Å². The van der Waals surface area contributed by atoms with Crippen LogP contribution >= 0.6 is 8.60 Å². The molecule has 2 atom stereocenters. The Balaban J connectivity index is 2.22. The van der Waals surface area contributed by atoms with Gasteiger partial charge in [0.15, 0.2) is 0 Å². The van der Waals surface area contributed by atoms with E-state index in [1.165, 1.54) is 257 Å². The zero-order valence-electron chi connectivity index (χ0n) is 43.6. The van der Waals surface area contributed by atoms with E-state index in [0.717, 1.165) is 31.8 Å². The van der Waals surface area contributed by atoms with Gasteiger partial charge >= 0.3 is 8.60 Å². The van der Waals surface area contributed by atoms with Gasteiger partial charge in [0.1, 0.15) is 5.75 Å². The van der Waals surface area contributed by atoms with Gasteiger partial charge in [0.05, 0.1) is 25.4 Å². The summed E-state index contributed by atoms with van der Waals surface area (Å²) >= 11 is 0. The molecule has 1 rings (SSSR count). The second kappa shape index (κ2) is 51.7. The second-order valence-corrected chi connectivity index (χ2v) is 20.6. The quantitative estimate of drug-likeness (QED) is 0.0481.